The van der Waals surface area contributed by atoms with E-state index in [0.717, 1.165) is 12.1 Å². The molecule has 0 aliphatic carbocycles. The van der Waals surface area contributed by atoms with Crippen LogP contribution in [0.5, 0.6) is 0 Å². The summed E-state index contributed by atoms with van der Waals surface area (Å²) < 4.78 is 78.4. The van der Waals surface area contributed by atoms with Gasteiger partial charge < -0.3 is 5.32 Å². The molecule has 4 aromatic rings. The fourth-order valence-electron chi connectivity index (χ4n) is 3.10. The van der Waals surface area contributed by atoms with E-state index >= 15 is 0 Å². The Kier molecular flexibility index (Phi) is 5.11. The highest BCUT2D eigenvalue weighted by atomic mass is 19.4. The SMILES string of the molecule is O=C(Nc1ccc(-n2nc(C(F)(F)F)cc2C(F)(F)F)cc1)c1ccnc2ccccc12. The molecule has 4 rings (SSSR count). The quantitative estimate of drug-likeness (QED) is 0.407. The minimum absolute atomic E-state index is 0.0514. The molecule has 0 spiro atoms. The Bertz CT molecular complexity index is 1290. The van der Waals surface area contributed by atoms with Gasteiger partial charge in [-0.25, -0.2) is 4.68 Å². The van der Waals surface area contributed by atoms with Crippen LogP contribution in [0.4, 0.5) is 32.0 Å². The van der Waals surface area contributed by atoms with Crippen LogP contribution in [-0.2, 0) is 12.4 Å². The molecule has 2 aromatic carbocycles. The van der Waals surface area contributed by atoms with E-state index in [4.69, 9.17) is 0 Å². The van der Waals surface area contributed by atoms with Crippen molar-refractivity contribution in [2.24, 2.45) is 0 Å². The van der Waals surface area contributed by atoms with Crippen LogP contribution in [0.25, 0.3) is 16.6 Å². The highest BCUT2D eigenvalue weighted by Crippen LogP contribution is 2.36. The van der Waals surface area contributed by atoms with Crippen molar-refractivity contribution in [1.29, 1.82) is 0 Å². The molecule has 0 aliphatic heterocycles. The first-order valence-corrected chi connectivity index (χ1v) is 9.04. The molecule has 0 saturated carbocycles. The molecule has 0 unspecified atom stereocenters. The third-order valence-electron chi connectivity index (χ3n) is 4.55. The number of pyridine rings is 1. The van der Waals surface area contributed by atoms with E-state index in [0.29, 0.717) is 16.5 Å². The number of rotatable bonds is 3. The number of amides is 1. The Morgan fingerprint density at radius 2 is 1.56 bits per heavy atom. The van der Waals surface area contributed by atoms with Crippen molar-refractivity contribution in [2.45, 2.75) is 12.4 Å². The topological polar surface area (TPSA) is 59.8 Å². The van der Waals surface area contributed by atoms with Crippen LogP contribution in [-0.4, -0.2) is 20.7 Å². The largest absolute Gasteiger partial charge is 0.435 e. The Morgan fingerprint density at radius 1 is 0.875 bits per heavy atom. The molecule has 2 heterocycles. The maximum absolute atomic E-state index is 13.2. The van der Waals surface area contributed by atoms with Gasteiger partial charge in [-0.15, -0.1) is 0 Å². The van der Waals surface area contributed by atoms with E-state index in [2.05, 4.69) is 15.4 Å². The molecule has 1 N–H and O–H groups in total. The predicted octanol–water partition coefficient (Wildman–Crippen LogP) is 5.71. The predicted molar refractivity (Wildman–Crippen MR) is 103 cm³/mol. The third kappa shape index (κ3) is 4.13. The summed E-state index contributed by atoms with van der Waals surface area (Å²) in [6, 6.07) is 13.2. The zero-order chi connectivity index (χ0) is 23.1. The summed E-state index contributed by atoms with van der Waals surface area (Å²) >= 11 is 0. The van der Waals surface area contributed by atoms with Gasteiger partial charge in [0.15, 0.2) is 5.69 Å². The zero-order valence-corrected chi connectivity index (χ0v) is 15.9. The van der Waals surface area contributed by atoms with E-state index < -0.39 is 29.6 Å². The molecule has 11 heteroatoms. The highest BCUT2D eigenvalue weighted by Gasteiger charge is 2.42. The molecular formula is C21H12F6N4O. The second kappa shape index (κ2) is 7.66. The Labute approximate surface area is 176 Å². The van der Waals surface area contributed by atoms with E-state index in [1.807, 2.05) is 0 Å². The van der Waals surface area contributed by atoms with Crippen molar-refractivity contribution >= 4 is 22.5 Å². The number of nitrogens with zero attached hydrogens (tertiary/aromatic N) is 3. The fraction of sp³-hybridized carbons (Fsp3) is 0.0952. The smallest absolute Gasteiger partial charge is 0.322 e. The molecule has 0 atom stereocenters. The summed E-state index contributed by atoms with van der Waals surface area (Å²) in [5, 5.41) is 6.28. The lowest BCUT2D eigenvalue weighted by atomic mass is 10.1. The molecule has 0 saturated heterocycles. The van der Waals surface area contributed by atoms with E-state index in [1.165, 1.54) is 24.4 Å². The lowest BCUT2D eigenvalue weighted by molar-refractivity contribution is -0.143. The van der Waals surface area contributed by atoms with Gasteiger partial charge in [-0.1, -0.05) is 18.2 Å². The van der Waals surface area contributed by atoms with Crippen LogP contribution in [0.3, 0.4) is 0 Å². The number of halogens is 6. The first-order chi connectivity index (χ1) is 15.0. The molecule has 164 valence electrons. The summed E-state index contributed by atoms with van der Waals surface area (Å²) in [7, 11) is 0. The summed E-state index contributed by atoms with van der Waals surface area (Å²) in [4.78, 5) is 16.8. The number of hydrogen-bond acceptors (Lipinski definition) is 3. The van der Waals surface area contributed by atoms with Gasteiger partial charge >= 0.3 is 12.4 Å². The highest BCUT2D eigenvalue weighted by molar-refractivity contribution is 6.12. The first kappa shape index (κ1) is 21.3. The summed E-state index contributed by atoms with van der Waals surface area (Å²) in [6.07, 6.45) is -8.62. The van der Waals surface area contributed by atoms with Crippen molar-refractivity contribution in [3.63, 3.8) is 0 Å². The molecule has 1 amide bonds. The van der Waals surface area contributed by atoms with E-state index in [9.17, 15) is 31.1 Å². The van der Waals surface area contributed by atoms with Gasteiger partial charge in [0.1, 0.15) is 5.69 Å². The number of carbonyl (C=O) groups excluding carboxylic acids is 1. The molecule has 0 bridgehead atoms. The molecular weight excluding hydrogens is 438 g/mol. The molecule has 5 nitrogen and oxygen atoms in total. The normalized spacial score (nSPS) is 12.2. The van der Waals surface area contributed by atoms with Gasteiger partial charge in [0.2, 0.25) is 0 Å². The maximum atomic E-state index is 13.2. The van der Waals surface area contributed by atoms with E-state index in [-0.39, 0.29) is 22.1 Å². The average Bonchev–Trinajstić information content (AvgIpc) is 3.20. The lowest BCUT2D eigenvalue weighted by Crippen LogP contribution is -2.14. The Balaban J connectivity index is 1.63. The molecule has 2 aromatic heterocycles. The summed E-state index contributed by atoms with van der Waals surface area (Å²) in [6.45, 7) is 0. The van der Waals surface area contributed by atoms with Gasteiger partial charge in [0.25, 0.3) is 5.91 Å². The summed E-state index contributed by atoms with van der Waals surface area (Å²) in [5.74, 6) is -0.481. The molecule has 0 fully saturated rings. The standard InChI is InChI=1S/C21H12F6N4O/c22-20(23,24)17-11-18(21(25,26)27)31(30-17)13-7-5-12(6-8-13)29-19(32)15-9-10-28-16-4-2-1-3-14(15)16/h1-11H,(H,29,32). The van der Waals surface area contributed by atoms with Crippen LogP contribution in [0.15, 0.2) is 66.9 Å². The number of para-hydroxylation sites is 1. The lowest BCUT2D eigenvalue weighted by Gasteiger charge is -2.11. The number of nitrogens with one attached hydrogen (secondary N) is 1. The number of alkyl halides is 6. The monoisotopic (exact) mass is 450 g/mol. The van der Waals surface area contributed by atoms with Crippen molar-refractivity contribution in [2.75, 3.05) is 5.32 Å². The number of aromatic nitrogens is 3. The zero-order valence-electron chi connectivity index (χ0n) is 15.9. The van der Waals surface area contributed by atoms with Crippen molar-refractivity contribution in [1.82, 2.24) is 14.8 Å². The van der Waals surface area contributed by atoms with E-state index in [1.54, 1.807) is 24.3 Å². The maximum Gasteiger partial charge on any atom is 0.435 e. The number of carbonyl (C=O) groups is 1. The Hall–Kier alpha value is -3.89. The van der Waals surface area contributed by atoms with Gasteiger partial charge in [0.05, 0.1) is 16.8 Å². The number of fused-ring (bicyclic) bond motifs is 1. The summed E-state index contributed by atoms with van der Waals surface area (Å²) in [5.41, 5.74) is -2.30. The number of anilines is 1. The third-order valence-corrected chi connectivity index (χ3v) is 4.55. The Morgan fingerprint density at radius 3 is 2.22 bits per heavy atom. The van der Waals surface area contributed by atoms with Crippen molar-refractivity contribution in [3.05, 3.63) is 83.8 Å². The fourth-order valence-corrected chi connectivity index (χ4v) is 3.10. The van der Waals surface area contributed by atoms with Crippen LogP contribution < -0.4 is 5.32 Å². The second-order valence-electron chi connectivity index (χ2n) is 6.70. The van der Waals surface area contributed by atoms with Gasteiger partial charge in [-0.3, -0.25) is 9.78 Å². The van der Waals surface area contributed by atoms with Crippen molar-refractivity contribution in [3.8, 4) is 5.69 Å². The van der Waals surface area contributed by atoms with Crippen LogP contribution >= 0.6 is 0 Å². The first-order valence-electron chi connectivity index (χ1n) is 9.04. The van der Waals surface area contributed by atoms with Gasteiger partial charge in [-0.2, -0.15) is 31.4 Å². The number of hydrogen-bond donors (Lipinski definition) is 1. The minimum Gasteiger partial charge on any atom is -0.322 e. The average molecular weight is 450 g/mol. The molecule has 0 radical (unpaired) electrons. The van der Waals surface area contributed by atoms with Gasteiger partial charge in [-0.05, 0) is 36.4 Å². The molecule has 0 aliphatic rings. The van der Waals surface area contributed by atoms with Crippen LogP contribution in [0, 0.1) is 0 Å². The number of benzene rings is 2. The van der Waals surface area contributed by atoms with Crippen molar-refractivity contribution < 1.29 is 31.1 Å². The molecule has 32 heavy (non-hydrogen) atoms. The van der Waals surface area contributed by atoms with Crippen LogP contribution in [0.1, 0.15) is 21.7 Å². The minimum atomic E-state index is -5.05. The van der Waals surface area contributed by atoms with Gasteiger partial charge in [0, 0.05) is 23.3 Å². The second-order valence-corrected chi connectivity index (χ2v) is 6.70. The van der Waals surface area contributed by atoms with Crippen LogP contribution in [0.2, 0.25) is 0 Å².